The number of hydrogen-bond acceptors (Lipinski definition) is 3. The van der Waals surface area contributed by atoms with Crippen LogP contribution in [0.3, 0.4) is 0 Å². The average molecular weight is 264 g/mol. The molecular weight excluding hydrogens is 242 g/mol. The fourth-order valence-corrected chi connectivity index (χ4v) is 1.71. The molecule has 0 atom stereocenters. The highest BCUT2D eigenvalue weighted by Gasteiger charge is 2.05. The third-order valence-electron chi connectivity index (χ3n) is 2.78. The minimum Gasteiger partial charge on any atom is -0.493 e. The molecule has 0 aromatic heterocycles. The summed E-state index contributed by atoms with van der Waals surface area (Å²) in [4.78, 5) is 11.4. The SMILES string of the molecule is CCC[CH]C(=O)NCCc1ccc(OC)c(OC)c1. The molecule has 0 heterocycles. The van der Waals surface area contributed by atoms with E-state index in [1.807, 2.05) is 25.1 Å². The maximum atomic E-state index is 11.4. The molecule has 1 rings (SSSR count). The zero-order valence-electron chi connectivity index (χ0n) is 11.9. The minimum absolute atomic E-state index is 0.00215. The lowest BCUT2D eigenvalue weighted by atomic mass is 10.1. The predicted molar refractivity (Wildman–Crippen MR) is 75.5 cm³/mol. The van der Waals surface area contributed by atoms with Crippen molar-refractivity contribution in [3.05, 3.63) is 30.2 Å². The van der Waals surface area contributed by atoms with Crippen LogP contribution in [0.5, 0.6) is 11.5 Å². The van der Waals surface area contributed by atoms with Crippen LogP contribution in [0.25, 0.3) is 0 Å². The van der Waals surface area contributed by atoms with E-state index in [0.717, 1.165) is 24.8 Å². The summed E-state index contributed by atoms with van der Waals surface area (Å²) in [5.41, 5.74) is 1.11. The van der Waals surface area contributed by atoms with Gasteiger partial charge in [-0.3, -0.25) is 4.79 Å². The Balaban J connectivity index is 2.43. The molecule has 0 fully saturated rings. The second-order valence-corrected chi connectivity index (χ2v) is 4.22. The lowest BCUT2D eigenvalue weighted by Gasteiger charge is -2.10. The number of unbranched alkanes of at least 4 members (excludes halogenated alkanes) is 1. The standard InChI is InChI=1S/C15H22NO3/c1-4-5-6-15(17)16-10-9-12-7-8-13(18-2)14(11-12)19-3/h6-8,11H,4-5,9-10H2,1-3H3,(H,16,17). The number of carbonyl (C=O) groups is 1. The Hall–Kier alpha value is -1.71. The van der Waals surface area contributed by atoms with Crippen LogP contribution in [0.4, 0.5) is 0 Å². The number of nitrogens with one attached hydrogen (secondary N) is 1. The van der Waals surface area contributed by atoms with Crippen LogP contribution in [0.1, 0.15) is 25.3 Å². The van der Waals surface area contributed by atoms with Crippen LogP contribution in [-0.2, 0) is 11.2 Å². The first-order valence-electron chi connectivity index (χ1n) is 6.53. The summed E-state index contributed by atoms with van der Waals surface area (Å²) in [5, 5.41) is 2.87. The predicted octanol–water partition coefficient (Wildman–Crippen LogP) is 2.37. The van der Waals surface area contributed by atoms with Gasteiger partial charge in [0, 0.05) is 13.0 Å². The minimum atomic E-state index is 0.00215. The molecule has 105 valence electrons. The van der Waals surface area contributed by atoms with Crippen molar-refractivity contribution in [3.8, 4) is 11.5 Å². The van der Waals surface area contributed by atoms with E-state index in [1.54, 1.807) is 20.6 Å². The first-order valence-corrected chi connectivity index (χ1v) is 6.53. The maximum Gasteiger partial charge on any atom is 0.223 e. The fraction of sp³-hybridized carbons (Fsp3) is 0.467. The summed E-state index contributed by atoms with van der Waals surface area (Å²) in [5.74, 6) is 1.43. The summed E-state index contributed by atoms with van der Waals surface area (Å²) in [6.45, 7) is 2.67. The second-order valence-electron chi connectivity index (χ2n) is 4.22. The zero-order chi connectivity index (χ0) is 14.1. The van der Waals surface area contributed by atoms with Gasteiger partial charge in [0.05, 0.1) is 14.2 Å². The van der Waals surface area contributed by atoms with E-state index in [4.69, 9.17) is 9.47 Å². The van der Waals surface area contributed by atoms with Gasteiger partial charge in [-0.25, -0.2) is 0 Å². The molecule has 0 aliphatic carbocycles. The van der Waals surface area contributed by atoms with Crippen molar-refractivity contribution >= 4 is 5.91 Å². The molecule has 1 aromatic rings. The summed E-state index contributed by atoms with van der Waals surface area (Å²) < 4.78 is 10.4. The van der Waals surface area contributed by atoms with Gasteiger partial charge in [-0.05, 0) is 30.5 Å². The molecular formula is C15H22NO3. The number of rotatable bonds is 8. The van der Waals surface area contributed by atoms with Gasteiger partial charge < -0.3 is 14.8 Å². The van der Waals surface area contributed by atoms with Crippen LogP contribution in [0.15, 0.2) is 18.2 Å². The Labute approximate surface area is 115 Å². The normalized spacial score (nSPS) is 10.1. The number of ether oxygens (including phenoxy) is 2. The Morgan fingerprint density at radius 1 is 1.26 bits per heavy atom. The Morgan fingerprint density at radius 2 is 2.00 bits per heavy atom. The van der Waals surface area contributed by atoms with Crippen LogP contribution >= 0.6 is 0 Å². The van der Waals surface area contributed by atoms with E-state index < -0.39 is 0 Å². The van der Waals surface area contributed by atoms with Crippen molar-refractivity contribution in [2.45, 2.75) is 26.2 Å². The number of carbonyl (C=O) groups excluding carboxylic acids is 1. The molecule has 1 radical (unpaired) electrons. The molecule has 1 N–H and O–H groups in total. The molecule has 0 spiro atoms. The molecule has 0 saturated heterocycles. The average Bonchev–Trinajstić information content (AvgIpc) is 2.44. The van der Waals surface area contributed by atoms with E-state index in [9.17, 15) is 4.79 Å². The van der Waals surface area contributed by atoms with Gasteiger partial charge in [0.25, 0.3) is 0 Å². The van der Waals surface area contributed by atoms with E-state index in [2.05, 4.69) is 5.32 Å². The van der Waals surface area contributed by atoms with Crippen LogP contribution < -0.4 is 14.8 Å². The quantitative estimate of drug-likeness (QED) is 0.784. The smallest absolute Gasteiger partial charge is 0.223 e. The number of methoxy groups -OCH3 is 2. The Bertz CT molecular complexity index is 404. The number of benzene rings is 1. The van der Waals surface area contributed by atoms with Crippen molar-refractivity contribution in [1.29, 1.82) is 0 Å². The van der Waals surface area contributed by atoms with Crippen LogP contribution in [-0.4, -0.2) is 26.7 Å². The molecule has 1 aromatic carbocycles. The highest BCUT2D eigenvalue weighted by atomic mass is 16.5. The molecule has 4 heteroatoms. The molecule has 19 heavy (non-hydrogen) atoms. The Morgan fingerprint density at radius 3 is 2.63 bits per heavy atom. The Kier molecular flexibility index (Phi) is 6.79. The van der Waals surface area contributed by atoms with Crippen LogP contribution in [0.2, 0.25) is 0 Å². The van der Waals surface area contributed by atoms with Crippen molar-refractivity contribution in [1.82, 2.24) is 5.32 Å². The van der Waals surface area contributed by atoms with Crippen molar-refractivity contribution < 1.29 is 14.3 Å². The van der Waals surface area contributed by atoms with Gasteiger partial charge in [-0.1, -0.05) is 19.4 Å². The van der Waals surface area contributed by atoms with Gasteiger partial charge >= 0.3 is 0 Å². The molecule has 4 nitrogen and oxygen atoms in total. The summed E-state index contributed by atoms with van der Waals surface area (Å²) in [7, 11) is 3.23. The van der Waals surface area contributed by atoms with E-state index in [1.165, 1.54) is 0 Å². The summed E-state index contributed by atoms with van der Waals surface area (Å²) >= 11 is 0. The van der Waals surface area contributed by atoms with Crippen LogP contribution in [0, 0.1) is 6.42 Å². The summed E-state index contributed by atoms with van der Waals surface area (Å²) in [6.07, 6.45) is 4.27. The topological polar surface area (TPSA) is 47.6 Å². The van der Waals surface area contributed by atoms with E-state index >= 15 is 0 Å². The third-order valence-corrected chi connectivity index (χ3v) is 2.78. The first kappa shape index (κ1) is 15.3. The van der Waals surface area contributed by atoms with Gasteiger partial charge in [-0.15, -0.1) is 0 Å². The molecule has 0 saturated carbocycles. The molecule has 1 amide bonds. The molecule has 0 unspecified atom stereocenters. The van der Waals surface area contributed by atoms with Crippen molar-refractivity contribution in [2.75, 3.05) is 20.8 Å². The largest absolute Gasteiger partial charge is 0.493 e. The molecule has 0 bridgehead atoms. The number of amides is 1. The summed E-state index contributed by atoms with van der Waals surface area (Å²) in [6, 6.07) is 5.78. The fourth-order valence-electron chi connectivity index (χ4n) is 1.71. The van der Waals surface area contributed by atoms with Gasteiger partial charge in [0.15, 0.2) is 11.5 Å². The molecule has 0 aliphatic heterocycles. The highest BCUT2D eigenvalue weighted by molar-refractivity contribution is 5.84. The van der Waals surface area contributed by atoms with E-state index in [0.29, 0.717) is 18.0 Å². The lowest BCUT2D eigenvalue weighted by molar-refractivity contribution is -0.117. The van der Waals surface area contributed by atoms with Gasteiger partial charge in [0.2, 0.25) is 5.91 Å². The molecule has 0 aliphatic rings. The maximum absolute atomic E-state index is 11.4. The number of hydrogen-bond donors (Lipinski definition) is 1. The lowest BCUT2D eigenvalue weighted by Crippen LogP contribution is -2.25. The first-order chi connectivity index (χ1) is 9.21. The van der Waals surface area contributed by atoms with Gasteiger partial charge in [-0.2, -0.15) is 0 Å². The van der Waals surface area contributed by atoms with Crippen molar-refractivity contribution in [3.63, 3.8) is 0 Å². The highest BCUT2D eigenvalue weighted by Crippen LogP contribution is 2.27. The van der Waals surface area contributed by atoms with Crippen molar-refractivity contribution in [2.24, 2.45) is 0 Å². The van der Waals surface area contributed by atoms with E-state index in [-0.39, 0.29) is 5.91 Å². The van der Waals surface area contributed by atoms with Gasteiger partial charge in [0.1, 0.15) is 0 Å². The second kappa shape index (κ2) is 8.40. The monoisotopic (exact) mass is 264 g/mol. The third kappa shape index (κ3) is 5.20. The zero-order valence-corrected chi connectivity index (χ0v) is 11.9.